The maximum absolute atomic E-state index is 11.0. The highest BCUT2D eigenvalue weighted by molar-refractivity contribution is 7.84. The number of rotatable bonds is 6. The van der Waals surface area contributed by atoms with Crippen LogP contribution in [0.3, 0.4) is 0 Å². The van der Waals surface area contributed by atoms with Crippen LogP contribution in [-0.4, -0.2) is 27.2 Å². The molecule has 0 bridgehead atoms. The zero-order chi connectivity index (χ0) is 13.0. The van der Waals surface area contributed by atoms with E-state index in [1.54, 1.807) is 17.6 Å². The lowest BCUT2D eigenvalue weighted by atomic mass is 10.2. The molecule has 1 aromatic heterocycles. The SMILES string of the molecule is Cc1nc(C)c(C(C)NC(C)CCS(C)=O)s1. The molecule has 3 nitrogen and oxygen atoms in total. The van der Waals surface area contributed by atoms with Crippen LogP contribution >= 0.6 is 11.3 Å². The quantitative estimate of drug-likeness (QED) is 0.867. The van der Waals surface area contributed by atoms with Crippen molar-refractivity contribution in [1.29, 1.82) is 0 Å². The highest BCUT2D eigenvalue weighted by atomic mass is 32.2. The van der Waals surface area contributed by atoms with E-state index in [0.717, 1.165) is 22.9 Å². The lowest BCUT2D eigenvalue weighted by Gasteiger charge is -2.19. The molecule has 0 saturated heterocycles. The number of hydrogen-bond donors (Lipinski definition) is 1. The number of aryl methyl sites for hydroxylation is 2. The highest BCUT2D eigenvalue weighted by Crippen LogP contribution is 2.24. The molecule has 5 heteroatoms. The summed E-state index contributed by atoms with van der Waals surface area (Å²) >= 11 is 1.76. The van der Waals surface area contributed by atoms with Gasteiger partial charge in [0.1, 0.15) is 0 Å². The third-order valence-corrected chi connectivity index (χ3v) is 4.77. The summed E-state index contributed by atoms with van der Waals surface area (Å²) in [4.78, 5) is 5.76. The molecular weight excluding hydrogens is 252 g/mol. The first-order valence-corrected chi connectivity index (χ1v) is 8.44. The van der Waals surface area contributed by atoms with Crippen LogP contribution in [0.15, 0.2) is 0 Å². The molecule has 1 aromatic rings. The van der Waals surface area contributed by atoms with Gasteiger partial charge >= 0.3 is 0 Å². The molecule has 17 heavy (non-hydrogen) atoms. The molecule has 0 fully saturated rings. The predicted octanol–water partition coefficient (Wildman–Crippen LogP) is 2.57. The molecule has 0 spiro atoms. The van der Waals surface area contributed by atoms with Crippen LogP contribution < -0.4 is 5.32 Å². The molecule has 0 aliphatic rings. The van der Waals surface area contributed by atoms with E-state index in [-0.39, 0.29) is 0 Å². The van der Waals surface area contributed by atoms with Crippen molar-refractivity contribution in [3.8, 4) is 0 Å². The van der Waals surface area contributed by atoms with Crippen LogP contribution in [0.1, 0.15) is 41.9 Å². The minimum atomic E-state index is -0.695. The van der Waals surface area contributed by atoms with Gasteiger partial charge in [-0.15, -0.1) is 11.3 Å². The fourth-order valence-corrected chi connectivity index (χ4v) is 3.50. The molecule has 0 radical (unpaired) electrons. The van der Waals surface area contributed by atoms with Crippen LogP contribution in [0.2, 0.25) is 0 Å². The average molecular weight is 274 g/mol. The van der Waals surface area contributed by atoms with Crippen molar-refractivity contribution in [3.05, 3.63) is 15.6 Å². The highest BCUT2D eigenvalue weighted by Gasteiger charge is 2.15. The number of nitrogens with zero attached hydrogens (tertiary/aromatic N) is 1. The van der Waals surface area contributed by atoms with Gasteiger partial charge in [0, 0.05) is 39.8 Å². The second-order valence-electron chi connectivity index (χ2n) is 4.54. The van der Waals surface area contributed by atoms with E-state index >= 15 is 0 Å². The Hall–Kier alpha value is -0.260. The zero-order valence-corrected chi connectivity index (χ0v) is 12.9. The van der Waals surface area contributed by atoms with Crippen molar-refractivity contribution in [1.82, 2.24) is 10.3 Å². The van der Waals surface area contributed by atoms with Crippen LogP contribution in [0.5, 0.6) is 0 Å². The lowest BCUT2D eigenvalue weighted by Crippen LogP contribution is -2.30. The van der Waals surface area contributed by atoms with E-state index in [1.807, 2.05) is 6.92 Å². The first kappa shape index (κ1) is 14.8. The maximum atomic E-state index is 11.0. The molecule has 0 aliphatic carbocycles. The van der Waals surface area contributed by atoms with Crippen LogP contribution in [-0.2, 0) is 10.8 Å². The Labute approximate surface area is 111 Å². The fourth-order valence-electron chi connectivity index (χ4n) is 1.88. The lowest BCUT2D eigenvalue weighted by molar-refractivity contribution is 0.473. The topological polar surface area (TPSA) is 42.0 Å². The van der Waals surface area contributed by atoms with E-state index in [4.69, 9.17) is 0 Å². The summed E-state index contributed by atoms with van der Waals surface area (Å²) in [6, 6.07) is 0.706. The van der Waals surface area contributed by atoms with Gasteiger partial charge in [-0.25, -0.2) is 4.98 Å². The smallest absolute Gasteiger partial charge is 0.0900 e. The van der Waals surface area contributed by atoms with Crippen LogP contribution in [0.4, 0.5) is 0 Å². The third-order valence-electron chi connectivity index (χ3n) is 2.71. The minimum Gasteiger partial charge on any atom is -0.307 e. The Morgan fingerprint density at radius 1 is 1.41 bits per heavy atom. The summed E-state index contributed by atoms with van der Waals surface area (Å²) in [5, 5.41) is 4.66. The number of thiazole rings is 1. The van der Waals surface area contributed by atoms with Crippen molar-refractivity contribution in [2.75, 3.05) is 12.0 Å². The van der Waals surface area contributed by atoms with Gasteiger partial charge in [-0.3, -0.25) is 4.21 Å². The van der Waals surface area contributed by atoms with Gasteiger partial charge in [-0.1, -0.05) is 0 Å². The molecule has 3 atom stereocenters. The molecule has 0 aromatic carbocycles. The summed E-state index contributed by atoms with van der Waals surface area (Å²) < 4.78 is 11.0. The Morgan fingerprint density at radius 3 is 2.53 bits per heavy atom. The summed E-state index contributed by atoms with van der Waals surface area (Å²) in [6.45, 7) is 8.41. The van der Waals surface area contributed by atoms with Crippen molar-refractivity contribution in [2.45, 2.75) is 46.2 Å². The second-order valence-corrected chi connectivity index (χ2v) is 7.33. The third kappa shape index (κ3) is 4.85. The molecular formula is C12H22N2OS2. The molecule has 0 amide bonds. The Balaban J connectivity index is 2.51. The van der Waals surface area contributed by atoms with Crippen LogP contribution in [0.25, 0.3) is 0 Å². The molecule has 3 unspecified atom stereocenters. The maximum Gasteiger partial charge on any atom is 0.0900 e. The van der Waals surface area contributed by atoms with Crippen molar-refractivity contribution >= 4 is 22.1 Å². The van der Waals surface area contributed by atoms with E-state index in [9.17, 15) is 4.21 Å². The van der Waals surface area contributed by atoms with Gasteiger partial charge in [0.2, 0.25) is 0 Å². The Bertz CT molecular complexity index is 390. The standard InChI is InChI=1S/C12H22N2OS2/c1-8(6-7-17(5)15)13-9(2)12-10(3)14-11(4)16-12/h8-9,13H,6-7H2,1-5H3. The first-order chi connectivity index (χ1) is 7.90. The van der Waals surface area contributed by atoms with E-state index in [2.05, 4.69) is 31.1 Å². The van der Waals surface area contributed by atoms with Gasteiger partial charge in [0.25, 0.3) is 0 Å². The molecule has 0 aliphatic heterocycles. The summed E-state index contributed by atoms with van der Waals surface area (Å²) in [6.07, 6.45) is 2.71. The Morgan fingerprint density at radius 2 is 2.06 bits per heavy atom. The monoisotopic (exact) mass is 274 g/mol. The molecule has 0 saturated carbocycles. The fraction of sp³-hybridized carbons (Fsp3) is 0.750. The summed E-state index contributed by atoms with van der Waals surface area (Å²) in [5.74, 6) is 0.765. The normalized spacial score (nSPS) is 16.8. The van der Waals surface area contributed by atoms with E-state index in [0.29, 0.717) is 12.1 Å². The minimum absolute atomic E-state index is 0.321. The largest absolute Gasteiger partial charge is 0.307 e. The molecule has 1 rings (SSSR count). The van der Waals surface area contributed by atoms with Crippen molar-refractivity contribution < 1.29 is 4.21 Å². The van der Waals surface area contributed by atoms with Gasteiger partial charge < -0.3 is 5.32 Å². The van der Waals surface area contributed by atoms with Gasteiger partial charge in [0.05, 0.1) is 10.7 Å². The number of nitrogens with one attached hydrogen (secondary N) is 1. The van der Waals surface area contributed by atoms with Crippen LogP contribution in [0, 0.1) is 13.8 Å². The summed E-state index contributed by atoms with van der Waals surface area (Å²) in [5.41, 5.74) is 1.12. The van der Waals surface area contributed by atoms with Crippen molar-refractivity contribution in [2.24, 2.45) is 0 Å². The van der Waals surface area contributed by atoms with E-state index < -0.39 is 10.8 Å². The van der Waals surface area contributed by atoms with E-state index in [1.165, 1.54) is 4.88 Å². The molecule has 1 N–H and O–H groups in total. The predicted molar refractivity (Wildman–Crippen MR) is 76.2 cm³/mol. The van der Waals surface area contributed by atoms with Gasteiger partial charge in [-0.05, 0) is 34.1 Å². The number of hydrogen-bond acceptors (Lipinski definition) is 4. The summed E-state index contributed by atoms with van der Waals surface area (Å²) in [7, 11) is -0.695. The molecule has 1 heterocycles. The zero-order valence-electron chi connectivity index (χ0n) is 11.2. The Kier molecular flexibility index (Phi) is 5.76. The average Bonchev–Trinajstić information content (AvgIpc) is 2.55. The second kappa shape index (κ2) is 6.61. The van der Waals surface area contributed by atoms with Gasteiger partial charge in [0.15, 0.2) is 0 Å². The first-order valence-electron chi connectivity index (χ1n) is 5.90. The van der Waals surface area contributed by atoms with Crippen molar-refractivity contribution in [3.63, 3.8) is 0 Å². The van der Waals surface area contributed by atoms with Gasteiger partial charge in [-0.2, -0.15) is 0 Å². The molecule has 98 valence electrons. The number of aromatic nitrogens is 1.